The molecule has 2 heterocycles. The number of nitrogens with zero attached hydrogens (tertiary/aromatic N) is 4. The van der Waals surface area contributed by atoms with Gasteiger partial charge in [-0.2, -0.15) is 4.68 Å². The average Bonchev–Trinajstić information content (AvgIpc) is 3.35. The highest BCUT2D eigenvalue weighted by Gasteiger charge is 2.34. The highest BCUT2D eigenvalue weighted by molar-refractivity contribution is 6.30. The number of nitrogens with one attached hydrogen (secondary N) is 2. The van der Waals surface area contributed by atoms with Crippen LogP contribution >= 0.6 is 11.6 Å². The summed E-state index contributed by atoms with van der Waals surface area (Å²) >= 11 is 5.98. The normalized spacial score (nSPS) is 14.5. The summed E-state index contributed by atoms with van der Waals surface area (Å²) in [6, 6.07) is 20.0. The van der Waals surface area contributed by atoms with E-state index in [2.05, 4.69) is 26.2 Å². The number of ether oxygens (including phenoxy) is 2. The van der Waals surface area contributed by atoms with Crippen LogP contribution in [0.3, 0.4) is 0 Å². The Hall–Kier alpha value is -4.37. The van der Waals surface area contributed by atoms with Crippen molar-refractivity contribution in [2.75, 3.05) is 17.7 Å². The maximum absolute atomic E-state index is 13.6. The van der Waals surface area contributed by atoms with Gasteiger partial charge in [-0.05, 0) is 77.4 Å². The van der Waals surface area contributed by atoms with Gasteiger partial charge in [0.1, 0.15) is 12.6 Å². The number of aromatic nitrogens is 4. The van der Waals surface area contributed by atoms with Gasteiger partial charge in [-0.25, -0.2) is 0 Å². The Kier molecular flexibility index (Phi) is 6.78. The first-order valence-electron chi connectivity index (χ1n) is 11.6. The number of halogens is 1. The lowest BCUT2D eigenvalue weighted by Gasteiger charge is -2.28. The summed E-state index contributed by atoms with van der Waals surface area (Å²) in [5.41, 5.74) is 4.62. The number of amides is 1. The average molecular weight is 517 g/mol. The summed E-state index contributed by atoms with van der Waals surface area (Å²) in [4.78, 5) is 13.6. The van der Waals surface area contributed by atoms with Crippen LogP contribution in [0.15, 0.2) is 78.0 Å². The third-order valence-electron chi connectivity index (χ3n) is 6.05. The largest absolute Gasteiger partial charge is 0.493 e. The molecule has 188 valence electrons. The van der Waals surface area contributed by atoms with Gasteiger partial charge in [-0.15, -0.1) is 0 Å². The number of allylic oxidation sites excluding steroid dienone is 1. The molecule has 0 saturated carbocycles. The molecular weight excluding hydrogens is 492 g/mol. The molecule has 1 unspecified atom stereocenters. The fourth-order valence-corrected chi connectivity index (χ4v) is 4.38. The second kappa shape index (κ2) is 10.3. The van der Waals surface area contributed by atoms with Crippen molar-refractivity contribution in [3.05, 3.63) is 99.7 Å². The number of methoxy groups -OCH3 is 1. The van der Waals surface area contributed by atoms with Crippen molar-refractivity contribution >= 4 is 29.1 Å². The first-order valence-corrected chi connectivity index (χ1v) is 12.0. The van der Waals surface area contributed by atoms with Crippen LogP contribution in [-0.4, -0.2) is 33.2 Å². The Balaban J connectivity index is 1.47. The predicted molar refractivity (Wildman–Crippen MR) is 141 cm³/mol. The van der Waals surface area contributed by atoms with Gasteiger partial charge in [0, 0.05) is 16.4 Å². The Morgan fingerprint density at radius 2 is 1.89 bits per heavy atom. The minimum atomic E-state index is -0.588. The molecule has 0 spiro atoms. The minimum Gasteiger partial charge on any atom is -0.493 e. The fourth-order valence-electron chi connectivity index (χ4n) is 4.25. The molecule has 9 nitrogen and oxygen atoms in total. The maximum Gasteiger partial charge on any atom is 0.255 e. The molecular formula is C27H25ClN6O3. The topological polar surface area (TPSA) is 103 Å². The Bertz CT molecular complexity index is 1480. The molecule has 1 aromatic heterocycles. The van der Waals surface area contributed by atoms with Crippen molar-refractivity contribution in [1.82, 2.24) is 20.2 Å². The van der Waals surface area contributed by atoms with Crippen molar-refractivity contribution < 1.29 is 14.3 Å². The molecule has 10 heteroatoms. The van der Waals surface area contributed by atoms with Gasteiger partial charge in [0.15, 0.2) is 11.5 Å². The number of rotatable bonds is 7. The third-order valence-corrected chi connectivity index (χ3v) is 6.30. The van der Waals surface area contributed by atoms with Gasteiger partial charge in [-0.1, -0.05) is 47.0 Å². The molecule has 1 aliphatic heterocycles. The molecule has 1 atom stereocenters. The number of anilines is 2. The van der Waals surface area contributed by atoms with E-state index in [-0.39, 0.29) is 5.91 Å². The number of hydrogen-bond donors (Lipinski definition) is 2. The second-order valence-corrected chi connectivity index (χ2v) is 9.10. The molecule has 37 heavy (non-hydrogen) atoms. The molecule has 1 amide bonds. The molecule has 0 aliphatic carbocycles. The Morgan fingerprint density at radius 1 is 1.08 bits per heavy atom. The molecule has 4 aromatic rings. The highest BCUT2D eigenvalue weighted by Crippen LogP contribution is 2.39. The van der Waals surface area contributed by atoms with Crippen LogP contribution < -0.4 is 20.1 Å². The van der Waals surface area contributed by atoms with Crippen LogP contribution in [0.2, 0.25) is 5.02 Å². The van der Waals surface area contributed by atoms with Crippen molar-refractivity contribution in [2.45, 2.75) is 26.5 Å². The van der Waals surface area contributed by atoms with Crippen LogP contribution in [0.5, 0.6) is 11.5 Å². The third kappa shape index (κ3) is 5.12. The minimum absolute atomic E-state index is 0.260. The van der Waals surface area contributed by atoms with E-state index >= 15 is 0 Å². The number of aryl methyl sites for hydroxylation is 1. The highest BCUT2D eigenvalue weighted by atomic mass is 35.5. The summed E-state index contributed by atoms with van der Waals surface area (Å²) in [6.07, 6.45) is 0. The second-order valence-electron chi connectivity index (χ2n) is 8.66. The van der Waals surface area contributed by atoms with Crippen molar-refractivity contribution in [1.29, 1.82) is 0 Å². The van der Waals surface area contributed by atoms with Crippen LogP contribution in [0, 0.1) is 6.92 Å². The summed E-state index contributed by atoms with van der Waals surface area (Å²) in [6.45, 7) is 4.15. The lowest BCUT2D eigenvalue weighted by Crippen LogP contribution is -2.31. The van der Waals surface area contributed by atoms with E-state index in [0.29, 0.717) is 46.0 Å². The monoisotopic (exact) mass is 516 g/mol. The number of benzene rings is 3. The molecule has 2 N–H and O–H groups in total. The van der Waals surface area contributed by atoms with Crippen molar-refractivity contribution in [3.8, 4) is 11.5 Å². The smallest absolute Gasteiger partial charge is 0.255 e. The van der Waals surface area contributed by atoms with E-state index in [1.165, 1.54) is 0 Å². The van der Waals surface area contributed by atoms with Crippen molar-refractivity contribution in [2.24, 2.45) is 0 Å². The zero-order valence-electron chi connectivity index (χ0n) is 20.5. The molecule has 1 aliphatic rings. The van der Waals surface area contributed by atoms with Crippen molar-refractivity contribution in [3.63, 3.8) is 0 Å². The van der Waals surface area contributed by atoms with E-state index in [1.807, 2.05) is 80.6 Å². The van der Waals surface area contributed by atoms with Crippen LogP contribution in [0.25, 0.3) is 0 Å². The van der Waals surface area contributed by atoms with E-state index in [1.54, 1.807) is 11.8 Å². The molecule has 0 fully saturated rings. The summed E-state index contributed by atoms with van der Waals surface area (Å²) in [7, 11) is 1.57. The van der Waals surface area contributed by atoms with Gasteiger partial charge >= 0.3 is 0 Å². The van der Waals surface area contributed by atoms with Gasteiger partial charge in [0.05, 0.1) is 12.7 Å². The van der Waals surface area contributed by atoms with E-state index < -0.39 is 6.04 Å². The van der Waals surface area contributed by atoms with Gasteiger partial charge < -0.3 is 20.1 Å². The fraction of sp³-hybridized carbons (Fsp3) is 0.185. The van der Waals surface area contributed by atoms with Crippen LogP contribution in [0.1, 0.15) is 29.7 Å². The SMILES string of the molecule is COc1cc(C2C(C(=O)Nc3cccc(C)c3)=C(C)Nc3nnnn32)ccc1OCc1ccc(Cl)cc1. The zero-order chi connectivity index (χ0) is 25.9. The zero-order valence-corrected chi connectivity index (χ0v) is 21.3. The first-order chi connectivity index (χ1) is 17.9. The van der Waals surface area contributed by atoms with Gasteiger partial charge in [-0.3, -0.25) is 4.79 Å². The van der Waals surface area contributed by atoms with E-state index in [4.69, 9.17) is 21.1 Å². The lowest BCUT2D eigenvalue weighted by atomic mass is 9.94. The molecule has 0 saturated heterocycles. The quantitative estimate of drug-likeness (QED) is 0.350. The number of carbonyl (C=O) groups excluding carboxylic acids is 1. The number of tetrazole rings is 1. The Morgan fingerprint density at radius 3 is 2.65 bits per heavy atom. The summed E-state index contributed by atoms with van der Waals surface area (Å²) in [5.74, 6) is 1.27. The summed E-state index contributed by atoms with van der Waals surface area (Å²) < 4.78 is 13.2. The van der Waals surface area contributed by atoms with Crippen LogP contribution in [-0.2, 0) is 11.4 Å². The van der Waals surface area contributed by atoms with Crippen LogP contribution in [0.4, 0.5) is 11.6 Å². The van der Waals surface area contributed by atoms with Gasteiger partial charge in [0.25, 0.3) is 5.91 Å². The number of carbonyl (C=O) groups is 1. The summed E-state index contributed by atoms with van der Waals surface area (Å²) in [5, 5.41) is 18.8. The standard InChI is InChI=1S/C27H25ClN6O3/c1-16-5-4-6-21(13-16)30-26(35)24-17(2)29-27-31-32-33-34(27)25(24)19-9-12-22(23(14-19)36-3)37-15-18-7-10-20(28)11-8-18/h4-14,25H,15H2,1-3H3,(H,30,35)(H,29,31,33). The molecule has 0 bridgehead atoms. The predicted octanol–water partition coefficient (Wildman–Crippen LogP) is 5.15. The number of fused-ring (bicyclic) bond motifs is 1. The molecule has 0 radical (unpaired) electrons. The van der Waals surface area contributed by atoms with Gasteiger partial charge in [0.2, 0.25) is 5.95 Å². The molecule has 5 rings (SSSR count). The first kappa shape index (κ1) is 24.3. The number of hydrogen-bond acceptors (Lipinski definition) is 7. The maximum atomic E-state index is 13.6. The lowest BCUT2D eigenvalue weighted by molar-refractivity contribution is -0.113. The van der Waals surface area contributed by atoms with E-state index in [0.717, 1.165) is 16.7 Å². The molecule has 3 aromatic carbocycles. The van der Waals surface area contributed by atoms with E-state index in [9.17, 15) is 4.79 Å². The Labute approximate surface area is 219 Å².